The topological polar surface area (TPSA) is 68.5 Å². The summed E-state index contributed by atoms with van der Waals surface area (Å²) in [4.78, 5) is 19.6. The fourth-order valence-electron chi connectivity index (χ4n) is 3.09. The minimum atomic E-state index is -0.167. The first-order chi connectivity index (χ1) is 11.1. The third kappa shape index (κ3) is 3.30. The molecule has 2 aromatic rings. The Balaban J connectivity index is 1.73. The Labute approximate surface area is 139 Å². The van der Waals surface area contributed by atoms with Gasteiger partial charge in [-0.25, -0.2) is 0 Å². The number of amides is 1. The average Bonchev–Trinajstić information content (AvgIpc) is 3.24. The van der Waals surface area contributed by atoms with Crippen LogP contribution in [-0.4, -0.2) is 47.8 Å². The second kappa shape index (κ2) is 6.80. The number of aromatic nitrogens is 2. The standard InChI is InChI=1S/C16H21N3O3S/c1-12-17-15(18-22-12)16(7-10-21-2)5-8-19(9-6-16)14(20)13-4-3-11-23-13/h3-4,11H,5-10H2,1-2H3. The number of carbonyl (C=O) groups is 1. The van der Waals surface area contributed by atoms with Gasteiger partial charge in [0.1, 0.15) is 0 Å². The van der Waals surface area contributed by atoms with Gasteiger partial charge in [-0.2, -0.15) is 4.98 Å². The van der Waals surface area contributed by atoms with Crippen LogP contribution in [0, 0.1) is 6.92 Å². The first-order valence-electron chi connectivity index (χ1n) is 7.77. The molecular weight excluding hydrogens is 314 g/mol. The normalized spacial score (nSPS) is 17.4. The number of rotatable bonds is 5. The number of hydrogen-bond acceptors (Lipinski definition) is 6. The van der Waals surface area contributed by atoms with Gasteiger partial charge in [-0.1, -0.05) is 11.2 Å². The molecule has 23 heavy (non-hydrogen) atoms. The van der Waals surface area contributed by atoms with Crippen molar-refractivity contribution >= 4 is 17.2 Å². The lowest BCUT2D eigenvalue weighted by atomic mass is 9.75. The van der Waals surface area contributed by atoms with Crippen LogP contribution in [0.25, 0.3) is 0 Å². The Kier molecular flexibility index (Phi) is 4.77. The minimum Gasteiger partial charge on any atom is -0.385 e. The van der Waals surface area contributed by atoms with Crippen molar-refractivity contribution in [2.45, 2.75) is 31.6 Å². The van der Waals surface area contributed by atoms with Crippen molar-refractivity contribution in [3.05, 3.63) is 34.1 Å². The molecule has 0 radical (unpaired) electrons. The summed E-state index contributed by atoms with van der Waals surface area (Å²) in [5.74, 6) is 1.44. The zero-order chi connectivity index (χ0) is 16.3. The molecule has 0 atom stereocenters. The van der Waals surface area contributed by atoms with Crippen molar-refractivity contribution in [2.24, 2.45) is 0 Å². The van der Waals surface area contributed by atoms with Crippen LogP contribution in [0.3, 0.4) is 0 Å². The minimum absolute atomic E-state index is 0.115. The first-order valence-corrected chi connectivity index (χ1v) is 8.65. The van der Waals surface area contributed by atoms with Crippen LogP contribution >= 0.6 is 11.3 Å². The van der Waals surface area contributed by atoms with Gasteiger partial charge in [0.15, 0.2) is 5.82 Å². The number of nitrogens with zero attached hydrogens (tertiary/aromatic N) is 3. The molecule has 0 aromatic carbocycles. The molecule has 3 rings (SSSR count). The van der Waals surface area contributed by atoms with Gasteiger partial charge in [-0.15, -0.1) is 11.3 Å². The molecule has 3 heterocycles. The number of hydrogen-bond donors (Lipinski definition) is 0. The number of methoxy groups -OCH3 is 1. The highest BCUT2D eigenvalue weighted by Gasteiger charge is 2.41. The van der Waals surface area contributed by atoms with E-state index >= 15 is 0 Å². The molecule has 0 aliphatic carbocycles. The highest BCUT2D eigenvalue weighted by molar-refractivity contribution is 7.12. The maximum absolute atomic E-state index is 12.5. The van der Waals surface area contributed by atoms with E-state index in [1.807, 2.05) is 22.4 Å². The van der Waals surface area contributed by atoms with Gasteiger partial charge in [-0.3, -0.25) is 4.79 Å². The van der Waals surface area contributed by atoms with Gasteiger partial charge in [0.25, 0.3) is 5.91 Å². The molecule has 1 saturated heterocycles. The van der Waals surface area contributed by atoms with Gasteiger partial charge in [0.05, 0.1) is 4.88 Å². The summed E-state index contributed by atoms with van der Waals surface area (Å²) in [7, 11) is 1.70. The summed E-state index contributed by atoms with van der Waals surface area (Å²) in [5.41, 5.74) is -0.167. The Morgan fingerprint density at radius 1 is 1.48 bits per heavy atom. The quantitative estimate of drug-likeness (QED) is 0.840. The van der Waals surface area contributed by atoms with Crippen LogP contribution < -0.4 is 0 Å². The second-order valence-electron chi connectivity index (χ2n) is 5.93. The van der Waals surface area contributed by atoms with Gasteiger partial charge in [0, 0.05) is 39.1 Å². The summed E-state index contributed by atoms with van der Waals surface area (Å²) in [6.07, 6.45) is 2.49. The molecule has 1 fully saturated rings. The van der Waals surface area contributed by atoms with Crippen LogP contribution in [-0.2, 0) is 10.2 Å². The van der Waals surface area contributed by atoms with Crippen molar-refractivity contribution in [1.82, 2.24) is 15.0 Å². The zero-order valence-electron chi connectivity index (χ0n) is 13.4. The van der Waals surface area contributed by atoms with Crippen molar-refractivity contribution < 1.29 is 14.1 Å². The highest BCUT2D eigenvalue weighted by Crippen LogP contribution is 2.37. The number of likely N-dealkylation sites (tertiary alicyclic amines) is 1. The molecule has 0 spiro atoms. The maximum Gasteiger partial charge on any atom is 0.263 e. The summed E-state index contributed by atoms with van der Waals surface area (Å²) in [5, 5.41) is 6.07. The lowest BCUT2D eigenvalue weighted by molar-refractivity contribution is 0.0621. The molecule has 1 amide bonds. The zero-order valence-corrected chi connectivity index (χ0v) is 14.3. The summed E-state index contributed by atoms with van der Waals surface area (Å²) in [6, 6.07) is 3.79. The van der Waals surface area contributed by atoms with Crippen LogP contribution in [0.1, 0.15) is 40.6 Å². The van der Waals surface area contributed by atoms with Gasteiger partial charge in [-0.05, 0) is 30.7 Å². The highest BCUT2D eigenvalue weighted by atomic mass is 32.1. The molecule has 7 heteroatoms. The van der Waals surface area contributed by atoms with E-state index in [4.69, 9.17) is 9.26 Å². The van der Waals surface area contributed by atoms with Crippen LogP contribution in [0.5, 0.6) is 0 Å². The van der Waals surface area contributed by atoms with Crippen LogP contribution in [0.4, 0.5) is 0 Å². The maximum atomic E-state index is 12.5. The van der Waals surface area contributed by atoms with E-state index in [9.17, 15) is 4.79 Å². The Morgan fingerprint density at radius 3 is 2.83 bits per heavy atom. The lowest BCUT2D eigenvalue weighted by Gasteiger charge is -2.39. The average molecular weight is 335 g/mol. The van der Waals surface area contributed by atoms with Gasteiger partial charge < -0.3 is 14.2 Å². The fourth-order valence-corrected chi connectivity index (χ4v) is 3.78. The van der Waals surface area contributed by atoms with E-state index in [0.29, 0.717) is 25.6 Å². The fraction of sp³-hybridized carbons (Fsp3) is 0.562. The third-order valence-corrected chi connectivity index (χ3v) is 5.38. The van der Waals surface area contributed by atoms with Gasteiger partial charge >= 0.3 is 0 Å². The molecule has 124 valence electrons. The number of ether oxygens (including phenoxy) is 1. The van der Waals surface area contributed by atoms with E-state index in [1.165, 1.54) is 11.3 Å². The van der Waals surface area contributed by atoms with Crippen molar-refractivity contribution in [2.75, 3.05) is 26.8 Å². The molecule has 1 aliphatic rings. The molecule has 0 bridgehead atoms. The first kappa shape index (κ1) is 16.1. The number of aryl methyl sites for hydroxylation is 1. The van der Waals surface area contributed by atoms with Crippen molar-refractivity contribution in [3.63, 3.8) is 0 Å². The summed E-state index contributed by atoms with van der Waals surface area (Å²) in [6.45, 7) is 3.85. The smallest absolute Gasteiger partial charge is 0.263 e. The number of piperidine rings is 1. The molecule has 0 N–H and O–H groups in total. The van der Waals surface area contributed by atoms with Crippen LogP contribution in [0.15, 0.2) is 22.0 Å². The largest absolute Gasteiger partial charge is 0.385 e. The Bertz CT molecular complexity index is 645. The van der Waals surface area contributed by atoms with Crippen molar-refractivity contribution in [1.29, 1.82) is 0 Å². The van der Waals surface area contributed by atoms with E-state index in [1.54, 1.807) is 14.0 Å². The second-order valence-corrected chi connectivity index (χ2v) is 6.88. The molecule has 6 nitrogen and oxygen atoms in total. The molecular formula is C16H21N3O3S. The predicted molar refractivity (Wildman–Crippen MR) is 86.7 cm³/mol. The lowest BCUT2D eigenvalue weighted by Crippen LogP contribution is -2.46. The third-order valence-electron chi connectivity index (χ3n) is 4.53. The van der Waals surface area contributed by atoms with E-state index < -0.39 is 0 Å². The molecule has 1 aliphatic heterocycles. The monoisotopic (exact) mass is 335 g/mol. The SMILES string of the molecule is COCCC1(c2noc(C)n2)CCN(C(=O)c2cccs2)CC1. The summed E-state index contributed by atoms with van der Waals surface area (Å²) < 4.78 is 10.4. The summed E-state index contributed by atoms with van der Waals surface area (Å²) >= 11 is 1.49. The van der Waals surface area contributed by atoms with Crippen molar-refractivity contribution in [3.8, 4) is 0 Å². The Morgan fingerprint density at radius 2 is 2.26 bits per heavy atom. The number of thiophene rings is 1. The molecule has 0 saturated carbocycles. The Hall–Kier alpha value is -1.73. The van der Waals surface area contributed by atoms with Crippen LogP contribution in [0.2, 0.25) is 0 Å². The van der Waals surface area contributed by atoms with E-state index in [2.05, 4.69) is 10.1 Å². The van der Waals surface area contributed by atoms with Gasteiger partial charge in [0.2, 0.25) is 5.89 Å². The van der Waals surface area contributed by atoms with E-state index in [-0.39, 0.29) is 11.3 Å². The molecule has 2 aromatic heterocycles. The molecule has 0 unspecified atom stereocenters. The number of carbonyl (C=O) groups excluding carboxylic acids is 1. The van der Waals surface area contributed by atoms with E-state index in [0.717, 1.165) is 30.0 Å². The predicted octanol–water partition coefficient (Wildman–Crippen LogP) is 2.65.